The van der Waals surface area contributed by atoms with E-state index in [9.17, 15) is 9.90 Å². The van der Waals surface area contributed by atoms with Crippen LogP contribution < -0.4 is 5.32 Å². The van der Waals surface area contributed by atoms with Crippen molar-refractivity contribution in [3.63, 3.8) is 0 Å². The minimum atomic E-state index is -1.48. The SMILES string of the molecule is CC(C)(C)OC(=O)NCC(O)C#C[Si](C)(C)C. The van der Waals surface area contributed by atoms with Gasteiger partial charge < -0.3 is 15.2 Å². The number of carbonyl (C=O) groups excluding carboxylic acids is 1. The maximum absolute atomic E-state index is 11.3. The van der Waals surface area contributed by atoms with Gasteiger partial charge in [-0.2, -0.15) is 0 Å². The van der Waals surface area contributed by atoms with Crippen LogP contribution >= 0.6 is 0 Å². The third-order valence-corrected chi connectivity index (χ3v) is 2.35. The molecular formula is C12H23NO3Si. The Morgan fingerprint density at radius 2 is 1.94 bits per heavy atom. The van der Waals surface area contributed by atoms with Crippen molar-refractivity contribution in [2.24, 2.45) is 0 Å². The largest absolute Gasteiger partial charge is 0.444 e. The van der Waals surface area contributed by atoms with Crippen LogP contribution in [0.1, 0.15) is 20.8 Å². The summed E-state index contributed by atoms with van der Waals surface area (Å²) in [5.41, 5.74) is 2.51. The topological polar surface area (TPSA) is 58.6 Å². The molecule has 1 amide bonds. The highest BCUT2D eigenvalue weighted by molar-refractivity contribution is 6.83. The van der Waals surface area contributed by atoms with Crippen molar-refractivity contribution >= 4 is 14.2 Å². The fraction of sp³-hybridized carbons (Fsp3) is 0.750. The second-order valence-electron chi connectivity index (χ2n) is 5.92. The fourth-order valence-corrected chi connectivity index (χ4v) is 1.44. The van der Waals surface area contributed by atoms with Crippen molar-refractivity contribution in [1.29, 1.82) is 0 Å². The summed E-state index contributed by atoms with van der Waals surface area (Å²) in [6.07, 6.45) is -1.37. The molecule has 17 heavy (non-hydrogen) atoms. The van der Waals surface area contributed by atoms with E-state index in [2.05, 4.69) is 36.4 Å². The molecule has 0 heterocycles. The van der Waals surface area contributed by atoms with E-state index in [1.165, 1.54) is 0 Å². The number of aliphatic hydroxyl groups excluding tert-OH is 1. The molecule has 0 aliphatic rings. The van der Waals surface area contributed by atoms with E-state index in [1.54, 1.807) is 20.8 Å². The van der Waals surface area contributed by atoms with Gasteiger partial charge >= 0.3 is 6.09 Å². The summed E-state index contributed by atoms with van der Waals surface area (Å²) >= 11 is 0. The van der Waals surface area contributed by atoms with Crippen molar-refractivity contribution in [2.45, 2.75) is 52.1 Å². The van der Waals surface area contributed by atoms with Crippen molar-refractivity contribution < 1.29 is 14.6 Å². The van der Waals surface area contributed by atoms with Crippen LogP contribution in [0.25, 0.3) is 0 Å². The highest BCUT2D eigenvalue weighted by Gasteiger charge is 2.16. The number of nitrogens with one attached hydrogen (secondary N) is 1. The van der Waals surface area contributed by atoms with Crippen molar-refractivity contribution in [1.82, 2.24) is 5.32 Å². The molecule has 1 atom stereocenters. The third-order valence-electron chi connectivity index (χ3n) is 1.45. The van der Waals surface area contributed by atoms with Crippen LogP contribution in [0.4, 0.5) is 4.79 Å². The first-order valence-corrected chi connectivity index (χ1v) is 9.17. The molecule has 0 saturated heterocycles. The standard InChI is InChI=1S/C12H23NO3Si/c1-12(2,3)16-11(15)13-9-10(14)7-8-17(4,5)6/h10,14H,9H2,1-6H3,(H,13,15). The summed E-state index contributed by atoms with van der Waals surface area (Å²) in [5, 5.41) is 12.0. The van der Waals surface area contributed by atoms with E-state index in [0.717, 1.165) is 0 Å². The van der Waals surface area contributed by atoms with E-state index >= 15 is 0 Å². The zero-order valence-electron chi connectivity index (χ0n) is 11.5. The van der Waals surface area contributed by atoms with Crippen LogP contribution in [0.15, 0.2) is 0 Å². The summed E-state index contributed by atoms with van der Waals surface area (Å²) in [7, 11) is -1.48. The Hall–Kier alpha value is -0.993. The number of hydrogen-bond donors (Lipinski definition) is 2. The molecular weight excluding hydrogens is 234 g/mol. The van der Waals surface area contributed by atoms with Crippen LogP contribution in [0, 0.1) is 11.5 Å². The summed E-state index contributed by atoms with van der Waals surface area (Å²) in [6, 6.07) is 0. The number of carbonyl (C=O) groups is 1. The van der Waals surface area contributed by atoms with Crippen LogP contribution in [0.3, 0.4) is 0 Å². The van der Waals surface area contributed by atoms with Gasteiger partial charge in [0.25, 0.3) is 0 Å². The molecule has 0 aromatic carbocycles. The van der Waals surface area contributed by atoms with E-state index in [1.807, 2.05) is 0 Å². The molecule has 0 rings (SSSR count). The fourth-order valence-electron chi connectivity index (χ4n) is 0.845. The average Bonchev–Trinajstić information content (AvgIpc) is 2.07. The number of alkyl carbamates (subject to hydrolysis) is 1. The van der Waals surface area contributed by atoms with E-state index < -0.39 is 25.9 Å². The maximum atomic E-state index is 11.3. The second-order valence-corrected chi connectivity index (χ2v) is 10.7. The lowest BCUT2D eigenvalue weighted by Crippen LogP contribution is -2.36. The molecule has 2 N–H and O–H groups in total. The van der Waals surface area contributed by atoms with Gasteiger partial charge in [-0.25, -0.2) is 4.79 Å². The van der Waals surface area contributed by atoms with E-state index in [4.69, 9.17) is 4.74 Å². The Morgan fingerprint density at radius 1 is 1.41 bits per heavy atom. The molecule has 0 aromatic rings. The second kappa shape index (κ2) is 6.08. The van der Waals surface area contributed by atoms with Gasteiger partial charge in [0.1, 0.15) is 19.8 Å². The lowest BCUT2D eigenvalue weighted by Gasteiger charge is -2.19. The molecule has 0 spiro atoms. The maximum Gasteiger partial charge on any atom is 0.407 e. The normalized spacial score (nSPS) is 13.4. The molecule has 0 bridgehead atoms. The molecule has 98 valence electrons. The molecule has 0 radical (unpaired) electrons. The molecule has 5 heteroatoms. The number of amides is 1. The van der Waals surface area contributed by atoms with Gasteiger partial charge in [0.05, 0.1) is 6.54 Å². The van der Waals surface area contributed by atoms with Gasteiger partial charge in [-0.15, -0.1) is 5.54 Å². The van der Waals surface area contributed by atoms with Gasteiger partial charge in [0.15, 0.2) is 0 Å². The van der Waals surface area contributed by atoms with Crippen molar-refractivity contribution in [3.05, 3.63) is 0 Å². The van der Waals surface area contributed by atoms with Gasteiger partial charge in [0.2, 0.25) is 0 Å². The van der Waals surface area contributed by atoms with Crippen molar-refractivity contribution in [2.75, 3.05) is 6.54 Å². The number of hydrogen-bond acceptors (Lipinski definition) is 3. The Morgan fingerprint density at radius 3 is 2.35 bits per heavy atom. The number of ether oxygens (including phenoxy) is 1. The molecule has 4 nitrogen and oxygen atoms in total. The molecule has 0 aromatic heterocycles. The Labute approximate surface area is 105 Å². The summed E-state index contributed by atoms with van der Waals surface area (Å²) in [6.45, 7) is 11.7. The number of aliphatic hydroxyl groups is 1. The Kier molecular flexibility index (Phi) is 5.72. The zero-order valence-corrected chi connectivity index (χ0v) is 12.5. The van der Waals surface area contributed by atoms with E-state index in [-0.39, 0.29) is 6.54 Å². The summed E-state index contributed by atoms with van der Waals surface area (Å²) < 4.78 is 5.03. The lowest BCUT2D eigenvalue weighted by atomic mass is 10.2. The van der Waals surface area contributed by atoms with Crippen LogP contribution in [0.2, 0.25) is 19.6 Å². The summed E-state index contributed by atoms with van der Waals surface area (Å²) in [4.78, 5) is 11.3. The first-order chi connectivity index (χ1) is 7.49. The quantitative estimate of drug-likeness (QED) is 0.585. The monoisotopic (exact) mass is 257 g/mol. The Bertz CT molecular complexity index is 317. The minimum Gasteiger partial charge on any atom is -0.444 e. The van der Waals surface area contributed by atoms with Gasteiger partial charge in [-0.1, -0.05) is 25.6 Å². The predicted octanol–water partition coefficient (Wildman–Crippen LogP) is 1.75. The minimum absolute atomic E-state index is 0.0897. The lowest BCUT2D eigenvalue weighted by molar-refractivity contribution is 0.0507. The van der Waals surface area contributed by atoms with Crippen molar-refractivity contribution in [3.8, 4) is 11.5 Å². The van der Waals surface area contributed by atoms with Gasteiger partial charge in [0, 0.05) is 0 Å². The zero-order chi connectivity index (χ0) is 13.7. The molecule has 0 fully saturated rings. The highest BCUT2D eigenvalue weighted by Crippen LogP contribution is 2.06. The van der Waals surface area contributed by atoms with Gasteiger partial charge in [-0.05, 0) is 20.8 Å². The predicted molar refractivity (Wildman–Crippen MR) is 71.4 cm³/mol. The first-order valence-electron chi connectivity index (χ1n) is 5.67. The smallest absolute Gasteiger partial charge is 0.407 e. The summed E-state index contributed by atoms with van der Waals surface area (Å²) in [5.74, 6) is 2.74. The molecule has 0 aliphatic heterocycles. The first kappa shape index (κ1) is 16.0. The molecule has 1 unspecified atom stereocenters. The Balaban J connectivity index is 4.04. The van der Waals surface area contributed by atoms with Gasteiger partial charge in [-0.3, -0.25) is 0 Å². The van der Waals surface area contributed by atoms with Crippen LogP contribution in [-0.2, 0) is 4.74 Å². The number of rotatable bonds is 2. The van der Waals surface area contributed by atoms with E-state index in [0.29, 0.717) is 0 Å². The molecule has 0 aliphatic carbocycles. The highest BCUT2D eigenvalue weighted by atomic mass is 28.3. The average molecular weight is 257 g/mol. The van der Waals surface area contributed by atoms with Crippen LogP contribution in [0.5, 0.6) is 0 Å². The molecule has 0 saturated carbocycles. The van der Waals surface area contributed by atoms with Crippen LogP contribution in [-0.4, -0.2) is 37.5 Å². The third kappa shape index (κ3) is 11.3.